The minimum atomic E-state index is -1.60. The molecule has 7 unspecified atom stereocenters. The fourth-order valence-corrected chi connectivity index (χ4v) is 2.94. The monoisotopic (exact) mass is 320 g/mol. The minimum absolute atomic E-state index is 0.000654. The Balaban J connectivity index is 2.77. The average molecular weight is 320 g/mol. The maximum atomic E-state index is 10.6. The highest BCUT2D eigenvalue weighted by Crippen LogP contribution is 2.36. The first kappa shape index (κ1) is 19.5. The molecule has 0 bridgehead atoms. The van der Waals surface area contributed by atoms with Gasteiger partial charge >= 0.3 is 0 Å². The van der Waals surface area contributed by atoms with Crippen molar-refractivity contribution in [2.24, 2.45) is 11.8 Å². The van der Waals surface area contributed by atoms with Crippen LogP contribution in [0.25, 0.3) is 0 Å². The lowest BCUT2D eigenvalue weighted by Crippen LogP contribution is -2.57. The van der Waals surface area contributed by atoms with Crippen molar-refractivity contribution < 1.29 is 35.1 Å². The van der Waals surface area contributed by atoms with E-state index in [9.17, 15) is 25.2 Å². The van der Waals surface area contributed by atoms with Crippen molar-refractivity contribution in [3.05, 3.63) is 0 Å². The van der Waals surface area contributed by atoms with Crippen LogP contribution in [-0.2, 0) is 9.53 Å². The molecule has 0 aliphatic carbocycles. The summed E-state index contributed by atoms with van der Waals surface area (Å²) in [4.78, 5) is 10.6. The van der Waals surface area contributed by atoms with E-state index in [0.29, 0.717) is 19.3 Å². The summed E-state index contributed by atoms with van der Waals surface area (Å²) in [6.07, 6.45) is -2.09. The molecule has 7 atom stereocenters. The van der Waals surface area contributed by atoms with Gasteiger partial charge in [0.25, 0.3) is 0 Å². The molecule has 1 rings (SSSR count). The molecule has 0 spiro atoms. The Morgan fingerprint density at radius 2 is 2.05 bits per heavy atom. The van der Waals surface area contributed by atoms with E-state index in [1.165, 1.54) is 6.92 Å². The number of aliphatic hydroxyl groups excluding tert-OH is 4. The number of hydrogen-bond donors (Lipinski definition) is 5. The highest BCUT2D eigenvalue weighted by Gasteiger charge is 2.47. The van der Waals surface area contributed by atoms with Crippen molar-refractivity contribution in [2.45, 2.75) is 69.7 Å². The summed E-state index contributed by atoms with van der Waals surface area (Å²) in [7, 11) is 0. The normalized spacial score (nSPS) is 36.6. The van der Waals surface area contributed by atoms with Crippen molar-refractivity contribution in [1.82, 2.24) is 0 Å². The SMILES string of the molecule is CC(C=O)CCCC1C(O)CC(C)(O)OC1C(O)C(O)CO. The van der Waals surface area contributed by atoms with E-state index in [2.05, 4.69) is 0 Å². The summed E-state index contributed by atoms with van der Waals surface area (Å²) in [5.74, 6) is -2.18. The largest absolute Gasteiger partial charge is 0.394 e. The van der Waals surface area contributed by atoms with Gasteiger partial charge in [0, 0.05) is 18.3 Å². The average Bonchev–Trinajstić information content (AvgIpc) is 2.46. The summed E-state index contributed by atoms with van der Waals surface area (Å²) in [5.41, 5.74) is 0. The Kier molecular flexibility index (Phi) is 7.37. The quantitative estimate of drug-likeness (QED) is 0.370. The van der Waals surface area contributed by atoms with E-state index in [4.69, 9.17) is 9.84 Å². The van der Waals surface area contributed by atoms with Gasteiger partial charge in [0.1, 0.15) is 18.5 Å². The van der Waals surface area contributed by atoms with Crippen LogP contribution >= 0.6 is 0 Å². The van der Waals surface area contributed by atoms with Gasteiger partial charge in [-0.05, 0) is 19.8 Å². The van der Waals surface area contributed by atoms with E-state index in [0.717, 1.165) is 6.29 Å². The predicted molar refractivity (Wildman–Crippen MR) is 77.8 cm³/mol. The van der Waals surface area contributed by atoms with Gasteiger partial charge in [0.05, 0.1) is 18.8 Å². The number of aliphatic hydroxyl groups is 5. The van der Waals surface area contributed by atoms with E-state index < -0.39 is 42.7 Å². The van der Waals surface area contributed by atoms with E-state index in [1.807, 2.05) is 0 Å². The number of rotatable bonds is 8. The lowest BCUT2D eigenvalue weighted by Gasteiger charge is -2.45. The third-order valence-electron chi connectivity index (χ3n) is 4.24. The lowest BCUT2D eigenvalue weighted by atomic mass is 9.80. The lowest BCUT2D eigenvalue weighted by molar-refractivity contribution is -0.303. The maximum absolute atomic E-state index is 10.6. The number of carbonyl (C=O) groups excluding carboxylic acids is 1. The van der Waals surface area contributed by atoms with Gasteiger partial charge in [-0.25, -0.2) is 0 Å². The number of aldehydes is 1. The van der Waals surface area contributed by atoms with Crippen LogP contribution in [0.15, 0.2) is 0 Å². The zero-order valence-electron chi connectivity index (χ0n) is 13.1. The molecule has 130 valence electrons. The molecule has 7 nitrogen and oxygen atoms in total. The van der Waals surface area contributed by atoms with Crippen molar-refractivity contribution in [3.63, 3.8) is 0 Å². The van der Waals surface area contributed by atoms with Gasteiger partial charge in [0.2, 0.25) is 0 Å². The van der Waals surface area contributed by atoms with Crippen molar-refractivity contribution >= 4 is 6.29 Å². The van der Waals surface area contributed by atoms with Crippen LogP contribution in [0.2, 0.25) is 0 Å². The predicted octanol–water partition coefficient (Wildman–Crippen LogP) is -0.820. The fraction of sp³-hybridized carbons (Fsp3) is 0.933. The summed E-state index contributed by atoms with van der Waals surface area (Å²) in [6, 6.07) is 0. The van der Waals surface area contributed by atoms with Gasteiger partial charge in [-0.3, -0.25) is 0 Å². The third-order valence-corrected chi connectivity index (χ3v) is 4.24. The highest BCUT2D eigenvalue weighted by molar-refractivity contribution is 5.52. The van der Waals surface area contributed by atoms with E-state index >= 15 is 0 Å². The van der Waals surface area contributed by atoms with Gasteiger partial charge in [-0.2, -0.15) is 0 Å². The number of ether oxygens (including phenoxy) is 1. The van der Waals surface area contributed by atoms with Crippen molar-refractivity contribution in [2.75, 3.05) is 6.61 Å². The second-order valence-electron chi connectivity index (χ2n) is 6.48. The van der Waals surface area contributed by atoms with Gasteiger partial charge in [-0.15, -0.1) is 0 Å². The van der Waals surface area contributed by atoms with Crippen molar-refractivity contribution in [3.8, 4) is 0 Å². The Morgan fingerprint density at radius 1 is 1.41 bits per heavy atom. The van der Waals surface area contributed by atoms with Crippen LogP contribution < -0.4 is 0 Å². The third kappa shape index (κ3) is 5.26. The smallest absolute Gasteiger partial charge is 0.165 e. The van der Waals surface area contributed by atoms with Crippen LogP contribution in [0, 0.1) is 11.8 Å². The Labute approximate surface area is 130 Å². The molecule has 0 aromatic rings. The fourth-order valence-electron chi connectivity index (χ4n) is 2.94. The van der Waals surface area contributed by atoms with Crippen LogP contribution in [0.3, 0.4) is 0 Å². The molecular formula is C15H28O7. The summed E-state index contributed by atoms with van der Waals surface area (Å²) in [5, 5.41) is 48.9. The minimum Gasteiger partial charge on any atom is -0.394 e. The molecule has 1 aliphatic rings. The molecule has 7 heteroatoms. The van der Waals surface area contributed by atoms with Crippen molar-refractivity contribution in [1.29, 1.82) is 0 Å². The molecule has 0 aromatic heterocycles. The Morgan fingerprint density at radius 3 is 2.59 bits per heavy atom. The van der Waals surface area contributed by atoms with Gasteiger partial charge in [-0.1, -0.05) is 13.3 Å². The van der Waals surface area contributed by atoms with Gasteiger partial charge < -0.3 is 35.1 Å². The maximum Gasteiger partial charge on any atom is 0.165 e. The molecular weight excluding hydrogens is 292 g/mol. The summed E-state index contributed by atoms with van der Waals surface area (Å²) in [6.45, 7) is 2.54. The molecule has 1 aliphatic heterocycles. The van der Waals surface area contributed by atoms with Crippen LogP contribution in [0.1, 0.15) is 39.5 Å². The highest BCUT2D eigenvalue weighted by atomic mass is 16.6. The standard InChI is InChI=1S/C15H28O7/c1-9(7-16)4-3-5-10-11(18)6-15(2,21)22-14(10)13(20)12(19)8-17/h7,9-14,17-21H,3-6,8H2,1-2H3. The second kappa shape index (κ2) is 8.33. The first-order chi connectivity index (χ1) is 10.2. The summed E-state index contributed by atoms with van der Waals surface area (Å²) < 4.78 is 5.43. The molecule has 0 saturated carbocycles. The van der Waals surface area contributed by atoms with E-state index in [1.54, 1.807) is 6.92 Å². The molecule has 1 fully saturated rings. The molecule has 22 heavy (non-hydrogen) atoms. The number of carbonyl (C=O) groups is 1. The zero-order valence-corrected chi connectivity index (χ0v) is 13.1. The Bertz CT molecular complexity index is 347. The molecule has 0 radical (unpaired) electrons. The topological polar surface area (TPSA) is 127 Å². The Hall–Kier alpha value is -0.570. The second-order valence-corrected chi connectivity index (χ2v) is 6.48. The van der Waals surface area contributed by atoms with E-state index in [-0.39, 0.29) is 12.3 Å². The first-order valence-electron chi connectivity index (χ1n) is 7.72. The summed E-state index contributed by atoms with van der Waals surface area (Å²) >= 11 is 0. The van der Waals surface area contributed by atoms with Crippen LogP contribution in [0.4, 0.5) is 0 Å². The number of hydrogen-bond acceptors (Lipinski definition) is 7. The molecule has 1 saturated heterocycles. The van der Waals surface area contributed by atoms with Gasteiger partial charge in [0.15, 0.2) is 5.79 Å². The zero-order chi connectivity index (χ0) is 16.9. The molecule has 1 heterocycles. The van der Waals surface area contributed by atoms with Crippen LogP contribution in [-0.4, -0.2) is 68.6 Å². The molecule has 0 amide bonds. The first-order valence-corrected chi connectivity index (χ1v) is 7.72. The molecule has 0 aromatic carbocycles. The molecule has 5 N–H and O–H groups in total. The van der Waals surface area contributed by atoms with Crippen LogP contribution in [0.5, 0.6) is 0 Å².